The van der Waals surface area contributed by atoms with Crippen LogP contribution in [0.15, 0.2) is 77.5 Å². The molecule has 2 aromatic carbocycles. The van der Waals surface area contributed by atoms with Crippen LogP contribution in [0.2, 0.25) is 0 Å². The van der Waals surface area contributed by atoms with E-state index in [1.165, 1.54) is 0 Å². The summed E-state index contributed by atoms with van der Waals surface area (Å²) in [7, 11) is 0. The maximum Gasteiger partial charge on any atom is 0.127 e. The molecule has 0 fully saturated rings. The molecule has 3 aromatic rings. The first kappa shape index (κ1) is 13.6. The van der Waals surface area contributed by atoms with Crippen LogP contribution < -0.4 is 10.1 Å². The molecule has 0 spiro atoms. The van der Waals surface area contributed by atoms with Crippen LogP contribution in [-0.2, 0) is 0 Å². The van der Waals surface area contributed by atoms with E-state index in [0.29, 0.717) is 0 Å². The summed E-state index contributed by atoms with van der Waals surface area (Å²) in [6.45, 7) is 0. The molecule has 0 saturated heterocycles. The molecule has 3 rings (SSSR count). The standard InChI is InChI=1S/C17H13BrN2O/c18-13-10-15(12-19-11-13)20-14-6-8-17(9-7-14)21-16-4-2-1-3-5-16/h1-12,20H. The third-order valence-electron chi connectivity index (χ3n) is 2.83. The van der Waals surface area contributed by atoms with Crippen molar-refractivity contribution in [2.45, 2.75) is 0 Å². The van der Waals surface area contributed by atoms with E-state index in [0.717, 1.165) is 27.3 Å². The van der Waals surface area contributed by atoms with Crippen molar-refractivity contribution in [3.8, 4) is 11.5 Å². The minimum absolute atomic E-state index is 0.805. The summed E-state index contributed by atoms with van der Waals surface area (Å²) in [4.78, 5) is 4.12. The Hall–Kier alpha value is -2.33. The van der Waals surface area contributed by atoms with E-state index in [1.54, 1.807) is 12.4 Å². The van der Waals surface area contributed by atoms with Gasteiger partial charge >= 0.3 is 0 Å². The Kier molecular flexibility index (Phi) is 4.17. The van der Waals surface area contributed by atoms with Crippen LogP contribution in [0.5, 0.6) is 11.5 Å². The number of ether oxygens (including phenoxy) is 1. The third kappa shape index (κ3) is 3.83. The number of hydrogen-bond acceptors (Lipinski definition) is 3. The molecular weight excluding hydrogens is 328 g/mol. The summed E-state index contributed by atoms with van der Waals surface area (Å²) in [6, 6.07) is 19.5. The normalized spacial score (nSPS) is 10.1. The van der Waals surface area contributed by atoms with Crippen molar-refractivity contribution in [3.05, 3.63) is 77.5 Å². The van der Waals surface area contributed by atoms with Gasteiger partial charge in [0.15, 0.2) is 0 Å². The lowest BCUT2D eigenvalue weighted by Gasteiger charge is -2.08. The number of hydrogen-bond donors (Lipinski definition) is 1. The Bertz CT molecular complexity index is 714. The highest BCUT2D eigenvalue weighted by Gasteiger charge is 1.99. The molecule has 0 bridgehead atoms. The van der Waals surface area contributed by atoms with Crippen molar-refractivity contribution in [1.82, 2.24) is 4.98 Å². The van der Waals surface area contributed by atoms with Crippen LogP contribution >= 0.6 is 15.9 Å². The molecule has 1 heterocycles. The van der Waals surface area contributed by atoms with E-state index in [4.69, 9.17) is 4.74 Å². The smallest absolute Gasteiger partial charge is 0.127 e. The predicted octanol–water partition coefficient (Wildman–Crippen LogP) is 5.38. The number of pyridine rings is 1. The molecule has 0 radical (unpaired) electrons. The Morgan fingerprint density at radius 3 is 2.24 bits per heavy atom. The molecule has 4 heteroatoms. The average molecular weight is 341 g/mol. The van der Waals surface area contributed by atoms with Gasteiger partial charge < -0.3 is 10.1 Å². The number of benzene rings is 2. The lowest BCUT2D eigenvalue weighted by molar-refractivity contribution is 0.483. The lowest BCUT2D eigenvalue weighted by atomic mass is 10.3. The minimum Gasteiger partial charge on any atom is -0.457 e. The molecule has 21 heavy (non-hydrogen) atoms. The van der Waals surface area contributed by atoms with Crippen molar-refractivity contribution in [3.63, 3.8) is 0 Å². The van der Waals surface area contributed by atoms with Gasteiger partial charge in [0.2, 0.25) is 0 Å². The average Bonchev–Trinajstić information content (AvgIpc) is 2.50. The van der Waals surface area contributed by atoms with Crippen LogP contribution in [0.3, 0.4) is 0 Å². The second-order valence-electron chi connectivity index (χ2n) is 4.46. The van der Waals surface area contributed by atoms with Gasteiger partial charge in [-0.3, -0.25) is 4.98 Å². The molecule has 0 amide bonds. The fraction of sp³-hybridized carbons (Fsp3) is 0. The molecular formula is C17H13BrN2O. The summed E-state index contributed by atoms with van der Waals surface area (Å²) >= 11 is 3.40. The Morgan fingerprint density at radius 2 is 1.52 bits per heavy atom. The van der Waals surface area contributed by atoms with Gasteiger partial charge in [0.1, 0.15) is 11.5 Å². The third-order valence-corrected chi connectivity index (χ3v) is 3.26. The van der Waals surface area contributed by atoms with Gasteiger partial charge in [-0.15, -0.1) is 0 Å². The van der Waals surface area contributed by atoms with Crippen molar-refractivity contribution in [2.24, 2.45) is 0 Å². The quantitative estimate of drug-likeness (QED) is 0.692. The van der Waals surface area contributed by atoms with Crippen LogP contribution in [-0.4, -0.2) is 4.98 Å². The van der Waals surface area contributed by atoms with E-state index in [1.807, 2.05) is 60.7 Å². The van der Waals surface area contributed by atoms with Gasteiger partial charge in [-0.05, 0) is 58.4 Å². The molecule has 0 aliphatic heterocycles. The highest BCUT2D eigenvalue weighted by atomic mass is 79.9. The van der Waals surface area contributed by atoms with Crippen LogP contribution in [0.1, 0.15) is 0 Å². The van der Waals surface area contributed by atoms with Gasteiger partial charge in [0.05, 0.1) is 11.9 Å². The minimum atomic E-state index is 0.805. The van der Waals surface area contributed by atoms with E-state index < -0.39 is 0 Å². The van der Waals surface area contributed by atoms with E-state index in [2.05, 4.69) is 26.2 Å². The van der Waals surface area contributed by atoms with Gasteiger partial charge in [-0.1, -0.05) is 18.2 Å². The lowest BCUT2D eigenvalue weighted by Crippen LogP contribution is -1.91. The summed E-state index contributed by atoms with van der Waals surface area (Å²) in [5.41, 5.74) is 1.91. The topological polar surface area (TPSA) is 34.2 Å². The summed E-state index contributed by atoms with van der Waals surface area (Å²) in [5.74, 6) is 1.63. The molecule has 0 unspecified atom stereocenters. The zero-order chi connectivity index (χ0) is 14.5. The Labute approximate surface area is 131 Å². The number of aromatic nitrogens is 1. The van der Waals surface area contributed by atoms with Crippen molar-refractivity contribution >= 4 is 27.3 Å². The first-order chi connectivity index (χ1) is 10.3. The number of halogens is 1. The van der Waals surface area contributed by atoms with Crippen LogP contribution in [0.4, 0.5) is 11.4 Å². The molecule has 0 saturated carbocycles. The fourth-order valence-corrected chi connectivity index (χ4v) is 2.24. The SMILES string of the molecule is Brc1cncc(Nc2ccc(Oc3ccccc3)cc2)c1. The molecule has 0 aliphatic rings. The maximum absolute atomic E-state index is 5.76. The molecule has 0 aliphatic carbocycles. The number of anilines is 2. The summed E-state index contributed by atoms with van der Waals surface area (Å²) < 4.78 is 6.70. The Balaban J connectivity index is 1.69. The molecule has 1 aromatic heterocycles. The second-order valence-corrected chi connectivity index (χ2v) is 5.37. The number of para-hydroxylation sites is 1. The highest BCUT2D eigenvalue weighted by molar-refractivity contribution is 9.10. The largest absolute Gasteiger partial charge is 0.457 e. The van der Waals surface area contributed by atoms with Crippen molar-refractivity contribution in [1.29, 1.82) is 0 Å². The fourth-order valence-electron chi connectivity index (χ4n) is 1.88. The monoisotopic (exact) mass is 340 g/mol. The zero-order valence-corrected chi connectivity index (χ0v) is 12.7. The van der Waals surface area contributed by atoms with Gasteiger partial charge in [0.25, 0.3) is 0 Å². The second kappa shape index (κ2) is 6.41. The van der Waals surface area contributed by atoms with Crippen molar-refractivity contribution < 1.29 is 4.74 Å². The number of rotatable bonds is 4. The van der Waals surface area contributed by atoms with E-state index in [9.17, 15) is 0 Å². The predicted molar refractivity (Wildman–Crippen MR) is 88.2 cm³/mol. The van der Waals surface area contributed by atoms with Crippen LogP contribution in [0, 0.1) is 0 Å². The van der Waals surface area contributed by atoms with E-state index in [-0.39, 0.29) is 0 Å². The van der Waals surface area contributed by atoms with Gasteiger partial charge in [-0.25, -0.2) is 0 Å². The number of nitrogens with zero attached hydrogens (tertiary/aromatic N) is 1. The summed E-state index contributed by atoms with van der Waals surface area (Å²) in [6.07, 6.45) is 3.53. The van der Waals surface area contributed by atoms with Gasteiger partial charge in [0, 0.05) is 16.4 Å². The highest BCUT2D eigenvalue weighted by Crippen LogP contribution is 2.24. The number of nitrogens with one attached hydrogen (secondary N) is 1. The molecule has 3 nitrogen and oxygen atoms in total. The molecule has 1 N–H and O–H groups in total. The summed E-state index contributed by atoms with van der Waals surface area (Å²) in [5, 5.41) is 3.29. The van der Waals surface area contributed by atoms with E-state index >= 15 is 0 Å². The first-order valence-electron chi connectivity index (χ1n) is 6.50. The maximum atomic E-state index is 5.76. The zero-order valence-electron chi connectivity index (χ0n) is 11.2. The van der Waals surface area contributed by atoms with Gasteiger partial charge in [-0.2, -0.15) is 0 Å². The van der Waals surface area contributed by atoms with Crippen molar-refractivity contribution in [2.75, 3.05) is 5.32 Å². The first-order valence-corrected chi connectivity index (χ1v) is 7.29. The molecule has 104 valence electrons. The molecule has 0 atom stereocenters. The van der Waals surface area contributed by atoms with Crippen LogP contribution in [0.25, 0.3) is 0 Å². The Morgan fingerprint density at radius 1 is 0.810 bits per heavy atom.